The van der Waals surface area contributed by atoms with Crippen molar-refractivity contribution in [3.63, 3.8) is 0 Å². The van der Waals surface area contributed by atoms with Gasteiger partial charge in [-0.2, -0.15) is 9.78 Å². The van der Waals surface area contributed by atoms with E-state index in [4.69, 9.17) is 18.9 Å². The fraction of sp³-hybridized carbons (Fsp3) is 0.0645. The van der Waals surface area contributed by atoms with Gasteiger partial charge in [0.05, 0.1) is 28.7 Å². The Kier molecular flexibility index (Phi) is 6.88. The third-order valence-electron chi connectivity index (χ3n) is 6.30. The van der Waals surface area contributed by atoms with Crippen LogP contribution in [0.3, 0.4) is 0 Å². The van der Waals surface area contributed by atoms with Crippen molar-refractivity contribution in [2.24, 2.45) is 5.10 Å². The molecule has 6 aromatic rings. The quantitative estimate of drug-likeness (QED) is 0.182. The lowest BCUT2D eigenvalue weighted by molar-refractivity contribution is 0.278. The fourth-order valence-electron chi connectivity index (χ4n) is 4.33. The minimum atomic E-state index is -0.351. The summed E-state index contributed by atoms with van der Waals surface area (Å²) in [7, 11) is 1.51. The van der Waals surface area contributed by atoms with Crippen LogP contribution in [0, 0.1) is 5.82 Å². The van der Waals surface area contributed by atoms with Crippen molar-refractivity contribution >= 4 is 44.0 Å². The van der Waals surface area contributed by atoms with Gasteiger partial charge < -0.3 is 13.9 Å². The van der Waals surface area contributed by atoms with Crippen molar-refractivity contribution in [1.29, 1.82) is 0 Å². The molecule has 0 radical (unpaired) electrons. The first-order chi connectivity index (χ1) is 19.5. The number of methoxy groups -OCH3 is 1. The van der Waals surface area contributed by atoms with Gasteiger partial charge in [0.25, 0.3) is 5.56 Å². The molecule has 0 atom stereocenters. The van der Waals surface area contributed by atoms with Crippen LogP contribution >= 0.6 is 15.9 Å². The molecule has 7 nitrogen and oxygen atoms in total. The van der Waals surface area contributed by atoms with Gasteiger partial charge in [-0.3, -0.25) is 4.79 Å². The zero-order valence-corrected chi connectivity index (χ0v) is 22.8. The van der Waals surface area contributed by atoms with Gasteiger partial charge in [0.1, 0.15) is 18.0 Å². The molecule has 2 heterocycles. The van der Waals surface area contributed by atoms with Crippen molar-refractivity contribution < 1.29 is 18.3 Å². The number of rotatable bonds is 7. The number of hydrogen-bond donors (Lipinski definition) is 0. The molecule has 0 amide bonds. The molecule has 0 N–H and O–H groups in total. The highest BCUT2D eigenvalue weighted by atomic mass is 79.9. The molecule has 0 aliphatic rings. The van der Waals surface area contributed by atoms with E-state index in [1.54, 1.807) is 48.5 Å². The molecule has 9 heteroatoms. The van der Waals surface area contributed by atoms with Gasteiger partial charge in [-0.1, -0.05) is 48.5 Å². The lowest BCUT2D eigenvalue weighted by atomic mass is 10.2. The van der Waals surface area contributed by atoms with E-state index in [1.165, 1.54) is 24.1 Å². The molecule has 0 aliphatic heterocycles. The van der Waals surface area contributed by atoms with E-state index < -0.39 is 0 Å². The van der Waals surface area contributed by atoms with Gasteiger partial charge in [0.2, 0.25) is 5.82 Å². The average Bonchev–Trinajstić information content (AvgIpc) is 3.41. The molecule has 40 heavy (non-hydrogen) atoms. The van der Waals surface area contributed by atoms with Crippen molar-refractivity contribution in [2.75, 3.05) is 7.11 Å². The average molecular weight is 598 g/mol. The second-order valence-electron chi connectivity index (χ2n) is 8.88. The highest BCUT2D eigenvalue weighted by molar-refractivity contribution is 9.10. The second kappa shape index (κ2) is 10.8. The molecule has 0 fully saturated rings. The Morgan fingerprint density at radius 3 is 2.62 bits per heavy atom. The molecule has 0 bridgehead atoms. The molecule has 2 aromatic heterocycles. The molecule has 0 aliphatic carbocycles. The van der Waals surface area contributed by atoms with Gasteiger partial charge >= 0.3 is 0 Å². The molecular weight excluding hydrogens is 577 g/mol. The third kappa shape index (κ3) is 4.87. The van der Waals surface area contributed by atoms with Crippen molar-refractivity contribution in [3.8, 4) is 23.1 Å². The summed E-state index contributed by atoms with van der Waals surface area (Å²) in [4.78, 5) is 18.2. The van der Waals surface area contributed by atoms with Gasteiger partial charge in [-0.15, -0.1) is 0 Å². The zero-order valence-electron chi connectivity index (χ0n) is 21.2. The molecule has 6 rings (SSSR count). The molecule has 198 valence electrons. The maximum atomic E-state index is 14.1. The second-order valence-corrected chi connectivity index (χ2v) is 9.73. The summed E-state index contributed by atoms with van der Waals surface area (Å²) in [6.07, 6.45) is 1.53. The maximum absolute atomic E-state index is 14.1. The standard InChI is InChI=1S/C31H21BrFN3O4/c1-38-27-15-19(14-23(32)29(27)39-18-21-9-2-5-11-24(21)33)17-34-36-30(28-16-20-8-3-7-13-26(20)40-28)35-25-12-6-4-10-22(25)31(36)37/h2-17H,18H2,1H3. The van der Waals surface area contributed by atoms with Gasteiger partial charge in [0.15, 0.2) is 17.3 Å². The lowest BCUT2D eigenvalue weighted by Gasteiger charge is -2.14. The van der Waals surface area contributed by atoms with Crippen LogP contribution in [0.25, 0.3) is 33.5 Å². The minimum absolute atomic E-state index is 0.0219. The summed E-state index contributed by atoms with van der Waals surface area (Å²) in [5.41, 5.74) is 1.92. The van der Waals surface area contributed by atoms with Crippen LogP contribution < -0.4 is 15.0 Å². The van der Waals surface area contributed by atoms with Gasteiger partial charge in [0, 0.05) is 10.9 Å². The molecular formula is C31H21BrFN3O4. The predicted molar refractivity (Wildman–Crippen MR) is 156 cm³/mol. The van der Waals surface area contributed by atoms with Gasteiger partial charge in [-0.05, 0) is 64.0 Å². The van der Waals surface area contributed by atoms with Crippen LogP contribution in [-0.4, -0.2) is 23.0 Å². The summed E-state index contributed by atoms with van der Waals surface area (Å²) < 4.78 is 33.3. The highest BCUT2D eigenvalue weighted by Crippen LogP contribution is 2.37. The summed E-state index contributed by atoms with van der Waals surface area (Å²) in [5.74, 6) is 1.16. The summed E-state index contributed by atoms with van der Waals surface area (Å²) >= 11 is 3.52. The van der Waals surface area contributed by atoms with Gasteiger partial charge in [-0.25, -0.2) is 9.37 Å². The summed E-state index contributed by atoms with van der Waals surface area (Å²) in [6, 6.07) is 26.4. The molecule has 0 saturated carbocycles. The first kappa shape index (κ1) is 25.5. The van der Waals surface area contributed by atoms with Crippen LogP contribution in [0.15, 0.2) is 110 Å². The van der Waals surface area contributed by atoms with Crippen LogP contribution in [0.5, 0.6) is 11.5 Å². The largest absolute Gasteiger partial charge is 0.493 e. The topological polar surface area (TPSA) is 78.9 Å². The Morgan fingerprint density at radius 1 is 1.02 bits per heavy atom. The molecule has 0 saturated heterocycles. The van der Waals surface area contributed by atoms with E-state index >= 15 is 0 Å². The van der Waals surface area contributed by atoms with Crippen molar-refractivity contribution in [1.82, 2.24) is 9.66 Å². The Hall–Kier alpha value is -4.76. The number of nitrogens with zero attached hydrogens (tertiary/aromatic N) is 3. The SMILES string of the molecule is COc1cc(C=Nn2c(-c3cc4ccccc4o3)nc3ccccc3c2=O)cc(Br)c1OCc1ccccc1F. The number of fused-ring (bicyclic) bond motifs is 2. The Balaban J connectivity index is 1.40. The summed E-state index contributed by atoms with van der Waals surface area (Å²) in [6.45, 7) is 0.0219. The number of ether oxygens (including phenoxy) is 2. The van der Waals surface area contributed by atoms with E-state index in [2.05, 4.69) is 21.0 Å². The fourth-order valence-corrected chi connectivity index (χ4v) is 4.90. The van der Waals surface area contributed by atoms with E-state index in [1.807, 2.05) is 36.4 Å². The molecule has 4 aromatic carbocycles. The van der Waals surface area contributed by atoms with E-state index in [-0.39, 0.29) is 23.8 Å². The van der Waals surface area contributed by atoms with Crippen molar-refractivity contribution in [3.05, 3.63) is 123 Å². The Labute approximate surface area is 236 Å². The molecule has 0 spiro atoms. The first-order valence-electron chi connectivity index (χ1n) is 12.3. The highest BCUT2D eigenvalue weighted by Gasteiger charge is 2.17. The van der Waals surface area contributed by atoms with E-state index in [0.717, 1.165) is 5.39 Å². The monoisotopic (exact) mass is 597 g/mol. The van der Waals surface area contributed by atoms with Crippen LogP contribution in [0.4, 0.5) is 4.39 Å². The third-order valence-corrected chi connectivity index (χ3v) is 6.89. The Bertz CT molecular complexity index is 1930. The van der Waals surface area contributed by atoms with E-state index in [0.29, 0.717) is 49.3 Å². The lowest BCUT2D eigenvalue weighted by Crippen LogP contribution is -2.20. The summed E-state index contributed by atoms with van der Waals surface area (Å²) in [5, 5.41) is 5.82. The number of hydrogen-bond acceptors (Lipinski definition) is 6. The maximum Gasteiger partial charge on any atom is 0.282 e. The zero-order chi connectivity index (χ0) is 27.6. The Morgan fingerprint density at radius 2 is 1.80 bits per heavy atom. The normalized spacial score (nSPS) is 11.5. The number of benzene rings is 4. The van der Waals surface area contributed by atoms with Crippen LogP contribution in [0.2, 0.25) is 0 Å². The smallest absolute Gasteiger partial charge is 0.282 e. The molecule has 0 unspecified atom stereocenters. The number of para-hydroxylation sites is 2. The predicted octanol–water partition coefficient (Wildman–Crippen LogP) is 7.18. The number of furan rings is 1. The first-order valence-corrected chi connectivity index (χ1v) is 13.1. The minimum Gasteiger partial charge on any atom is -0.493 e. The number of halogens is 2. The van der Waals surface area contributed by atoms with Crippen LogP contribution in [-0.2, 0) is 6.61 Å². The van der Waals surface area contributed by atoms with E-state index in [9.17, 15) is 9.18 Å². The number of aromatic nitrogens is 2. The van der Waals surface area contributed by atoms with Crippen molar-refractivity contribution in [2.45, 2.75) is 6.61 Å². The van der Waals surface area contributed by atoms with Crippen LogP contribution in [0.1, 0.15) is 11.1 Å².